The molecule has 0 aliphatic heterocycles. The van der Waals surface area contributed by atoms with Crippen molar-refractivity contribution in [3.8, 4) is 0 Å². The van der Waals surface area contributed by atoms with E-state index in [-0.39, 0.29) is 17.1 Å². The molecule has 0 spiro atoms. The summed E-state index contributed by atoms with van der Waals surface area (Å²) in [6.07, 6.45) is 5.55. The van der Waals surface area contributed by atoms with Crippen molar-refractivity contribution in [3.05, 3.63) is 35.5 Å². The molecule has 0 aliphatic rings. The summed E-state index contributed by atoms with van der Waals surface area (Å²) in [7, 11) is 0. The van der Waals surface area contributed by atoms with Crippen LogP contribution in [-0.2, 0) is 29.3 Å². The summed E-state index contributed by atoms with van der Waals surface area (Å²) in [6.45, 7) is 3.01. The Bertz CT molecular complexity index is 343. The van der Waals surface area contributed by atoms with Crippen LogP contribution in [0.15, 0.2) is 29.5 Å². The number of hydrogen-bond donors (Lipinski definition) is 1. The molecule has 6 heteroatoms. The van der Waals surface area contributed by atoms with Gasteiger partial charge in [-0.3, -0.25) is 10.3 Å². The summed E-state index contributed by atoms with van der Waals surface area (Å²) in [4.78, 5) is 4.09. The maximum atomic E-state index is 4.15. The maximum absolute atomic E-state index is 4.15. The molecule has 1 radical (unpaired) electrons. The van der Waals surface area contributed by atoms with Gasteiger partial charge in [-0.1, -0.05) is 19.4 Å². The number of hydrogen-bond acceptors (Lipinski definition) is 2. The van der Waals surface area contributed by atoms with Crippen LogP contribution in [0.1, 0.15) is 25.5 Å². The van der Waals surface area contributed by atoms with Gasteiger partial charge in [0.15, 0.2) is 17.3 Å². The third-order valence-electron chi connectivity index (χ3n) is 1.84. The largest absolute Gasteiger partial charge is 2.00 e. The van der Waals surface area contributed by atoms with Gasteiger partial charge in [-0.05, 0) is 18.6 Å². The predicted molar refractivity (Wildman–Crippen MR) is 71.9 cm³/mol. The van der Waals surface area contributed by atoms with Gasteiger partial charge in [0.05, 0.1) is 5.69 Å². The monoisotopic (exact) mass is 299 g/mol. The van der Waals surface area contributed by atoms with Crippen molar-refractivity contribution >= 4 is 23.5 Å². The van der Waals surface area contributed by atoms with Crippen LogP contribution in [0.5, 0.6) is 0 Å². The van der Waals surface area contributed by atoms with Gasteiger partial charge in [-0.15, -0.1) is 0 Å². The van der Waals surface area contributed by atoms with E-state index in [0.29, 0.717) is 5.11 Å². The molecule has 0 amide bonds. The van der Waals surface area contributed by atoms with Crippen LogP contribution < -0.4 is 5.32 Å². The van der Waals surface area contributed by atoms with Crippen molar-refractivity contribution in [2.75, 3.05) is 6.54 Å². The van der Waals surface area contributed by atoms with Crippen molar-refractivity contribution in [2.24, 2.45) is 5.10 Å². The number of rotatable bonds is 5. The summed E-state index contributed by atoms with van der Waals surface area (Å²) in [5, 5.41) is 7.46. The Labute approximate surface area is 118 Å². The molecule has 0 fully saturated rings. The quantitative estimate of drug-likeness (QED) is 0.171. The molecule has 1 aromatic rings. The molecule has 4 nitrogen and oxygen atoms in total. The molecular formula is C11H16CuN4S+2. The molecule has 17 heavy (non-hydrogen) atoms. The van der Waals surface area contributed by atoms with E-state index in [1.807, 2.05) is 18.2 Å². The maximum Gasteiger partial charge on any atom is 2.00 e. The van der Waals surface area contributed by atoms with Gasteiger partial charge in [0.25, 0.3) is 0 Å². The van der Waals surface area contributed by atoms with Gasteiger partial charge in [0.2, 0.25) is 0 Å². The number of thiol groups is 1. The first-order chi connectivity index (χ1) is 7.83. The molecule has 0 bridgehead atoms. The third-order valence-corrected chi connectivity index (χ3v) is 2.09. The first-order valence-electron chi connectivity index (χ1n) is 5.28. The van der Waals surface area contributed by atoms with E-state index in [9.17, 15) is 0 Å². The Hall–Kier alpha value is -0.811. The standard InChI is InChI=1S/C11H16N4S.Cu/c1-2-3-7-13-11(16)15-14-9-10-6-4-5-8-12-10;/h4-6,8-9H,2-3,7H2,1H3,(H2,12,13,15,16);/q;+2. The molecule has 0 saturated heterocycles. The van der Waals surface area contributed by atoms with Crippen LogP contribution in [0.4, 0.5) is 0 Å². The zero-order valence-corrected chi connectivity index (χ0v) is 11.4. The number of unbranched alkanes of at least 4 members (excludes halogenated alkanes) is 1. The van der Waals surface area contributed by atoms with E-state index in [4.69, 9.17) is 0 Å². The molecule has 1 heterocycles. The SMILES string of the molecule is CCCCNC(=[SH+])[N-]N=Cc1ccccn1.[Cu+2]. The van der Waals surface area contributed by atoms with E-state index in [0.717, 1.165) is 25.1 Å². The van der Waals surface area contributed by atoms with Crippen LogP contribution in [0, 0.1) is 0 Å². The zero-order chi connectivity index (χ0) is 11.6. The molecule has 0 saturated carbocycles. The van der Waals surface area contributed by atoms with Crippen molar-refractivity contribution in [2.45, 2.75) is 19.8 Å². The molecule has 0 unspecified atom stereocenters. The average Bonchev–Trinajstić information content (AvgIpc) is 2.31. The van der Waals surface area contributed by atoms with Gasteiger partial charge in [-0.2, -0.15) is 0 Å². The van der Waals surface area contributed by atoms with Crippen LogP contribution in [0.3, 0.4) is 0 Å². The van der Waals surface area contributed by atoms with E-state index in [1.54, 1.807) is 12.4 Å². The molecule has 0 atom stereocenters. The van der Waals surface area contributed by atoms with Crippen molar-refractivity contribution in [1.29, 1.82) is 0 Å². The van der Waals surface area contributed by atoms with Gasteiger partial charge in [0, 0.05) is 19.0 Å². The summed E-state index contributed by atoms with van der Waals surface area (Å²) >= 11 is 4.15. The molecule has 1 N–H and O–H groups in total. The third kappa shape index (κ3) is 7.99. The topological polar surface area (TPSA) is 51.4 Å². The first-order valence-corrected chi connectivity index (χ1v) is 5.72. The van der Waals surface area contributed by atoms with E-state index < -0.39 is 0 Å². The van der Waals surface area contributed by atoms with E-state index in [1.165, 1.54) is 0 Å². The summed E-state index contributed by atoms with van der Waals surface area (Å²) in [5.74, 6) is 0. The summed E-state index contributed by atoms with van der Waals surface area (Å²) < 4.78 is 0. The normalized spacial score (nSPS) is 9.94. The Morgan fingerprint density at radius 1 is 1.59 bits per heavy atom. The van der Waals surface area contributed by atoms with Crippen LogP contribution >= 0.6 is 0 Å². The number of aromatic nitrogens is 1. The number of nitrogens with zero attached hydrogens (tertiary/aromatic N) is 3. The number of pyridine rings is 1. The molecule has 1 aromatic heterocycles. The summed E-state index contributed by atoms with van der Waals surface area (Å²) in [6, 6.07) is 5.62. The van der Waals surface area contributed by atoms with Crippen molar-refractivity contribution in [3.63, 3.8) is 0 Å². The molecule has 95 valence electrons. The second-order valence-corrected chi connectivity index (χ2v) is 3.63. The fourth-order valence-corrected chi connectivity index (χ4v) is 1.17. The Morgan fingerprint density at radius 3 is 3.06 bits per heavy atom. The van der Waals surface area contributed by atoms with Crippen LogP contribution in [-0.4, -0.2) is 22.9 Å². The zero-order valence-electron chi connectivity index (χ0n) is 9.60. The van der Waals surface area contributed by atoms with Crippen LogP contribution in [0.25, 0.3) is 5.43 Å². The molecule has 1 rings (SSSR count). The predicted octanol–water partition coefficient (Wildman–Crippen LogP) is 1.54. The average molecular weight is 300 g/mol. The Balaban J connectivity index is 0.00000256. The molecule has 0 aromatic carbocycles. The number of nitrogens with one attached hydrogen (secondary N) is 1. The van der Waals surface area contributed by atoms with Gasteiger partial charge < -0.3 is 10.5 Å². The van der Waals surface area contributed by atoms with E-state index in [2.05, 4.69) is 40.0 Å². The van der Waals surface area contributed by atoms with Crippen molar-refractivity contribution < 1.29 is 17.1 Å². The van der Waals surface area contributed by atoms with Gasteiger partial charge in [0.1, 0.15) is 0 Å². The fourth-order valence-electron chi connectivity index (χ4n) is 1.01. The fraction of sp³-hybridized carbons (Fsp3) is 0.364. The molecular weight excluding hydrogens is 284 g/mol. The first kappa shape index (κ1) is 16.2. The van der Waals surface area contributed by atoms with Crippen LogP contribution in [0.2, 0.25) is 0 Å². The van der Waals surface area contributed by atoms with Gasteiger partial charge in [-0.25, -0.2) is 0 Å². The molecule has 0 aliphatic carbocycles. The van der Waals surface area contributed by atoms with Crippen molar-refractivity contribution in [1.82, 2.24) is 10.3 Å². The smallest absolute Gasteiger partial charge is 0.515 e. The minimum Gasteiger partial charge on any atom is -0.515 e. The second kappa shape index (κ2) is 10.4. The summed E-state index contributed by atoms with van der Waals surface area (Å²) in [5.41, 5.74) is 4.67. The Kier molecular flexibility index (Phi) is 9.86. The Morgan fingerprint density at radius 2 is 2.41 bits per heavy atom. The second-order valence-electron chi connectivity index (χ2n) is 3.20. The van der Waals surface area contributed by atoms with Gasteiger partial charge >= 0.3 is 17.1 Å². The minimum absolute atomic E-state index is 0. The van der Waals surface area contributed by atoms with E-state index >= 15 is 0 Å². The minimum atomic E-state index is 0.